The van der Waals surface area contributed by atoms with E-state index in [9.17, 15) is 14.0 Å². The first-order valence-electron chi connectivity index (χ1n) is 11.8. The van der Waals surface area contributed by atoms with Gasteiger partial charge in [-0.1, -0.05) is 37.6 Å². The molecule has 6 nitrogen and oxygen atoms in total. The van der Waals surface area contributed by atoms with Crippen LogP contribution in [-0.2, 0) is 11.3 Å². The van der Waals surface area contributed by atoms with E-state index in [0.717, 1.165) is 12.0 Å². The number of amides is 3. The Kier molecular flexibility index (Phi) is 8.79. The molecule has 0 saturated heterocycles. The molecule has 182 valence electrons. The van der Waals surface area contributed by atoms with Crippen LogP contribution in [0.2, 0.25) is 0 Å². The second-order valence-corrected chi connectivity index (χ2v) is 9.58. The topological polar surface area (TPSA) is 74.3 Å². The minimum Gasteiger partial charge on any atom is -0.341 e. The molecule has 0 fully saturated rings. The zero-order valence-electron chi connectivity index (χ0n) is 20.4. The van der Waals surface area contributed by atoms with E-state index < -0.39 is 5.82 Å². The number of allylic oxidation sites excluding steroid dienone is 1. The maximum Gasteiger partial charge on any atom is 0.319 e. The van der Waals surface area contributed by atoms with Crippen molar-refractivity contribution in [3.63, 3.8) is 0 Å². The van der Waals surface area contributed by atoms with Gasteiger partial charge in [-0.2, -0.15) is 0 Å². The monoisotopic (exact) mass is 466 g/mol. The molecule has 2 N–H and O–H groups in total. The van der Waals surface area contributed by atoms with Crippen molar-refractivity contribution in [2.24, 2.45) is 23.7 Å². The summed E-state index contributed by atoms with van der Waals surface area (Å²) >= 11 is 0. The summed E-state index contributed by atoms with van der Waals surface area (Å²) in [5.41, 5.74) is 2.62. The molecule has 0 radical (unpaired) electrons. The molecule has 0 bridgehead atoms. The van der Waals surface area contributed by atoms with Gasteiger partial charge in [-0.25, -0.2) is 9.18 Å². The molecule has 1 aromatic carbocycles. The lowest BCUT2D eigenvalue weighted by atomic mass is 9.69. The van der Waals surface area contributed by atoms with Gasteiger partial charge in [0, 0.05) is 44.6 Å². The van der Waals surface area contributed by atoms with Crippen LogP contribution in [0.25, 0.3) is 0 Å². The van der Waals surface area contributed by atoms with Crippen molar-refractivity contribution < 1.29 is 14.0 Å². The molecule has 3 atom stereocenters. The van der Waals surface area contributed by atoms with Crippen LogP contribution in [-0.4, -0.2) is 35.4 Å². The van der Waals surface area contributed by atoms with Crippen molar-refractivity contribution in [1.29, 1.82) is 0 Å². The number of benzene rings is 1. The van der Waals surface area contributed by atoms with Crippen LogP contribution < -0.4 is 10.6 Å². The molecule has 3 amide bonds. The molecule has 0 aliphatic heterocycles. The highest BCUT2D eigenvalue weighted by atomic mass is 19.1. The third kappa shape index (κ3) is 7.14. The average Bonchev–Trinajstić information content (AvgIpc) is 2.79. The number of pyridine rings is 1. The van der Waals surface area contributed by atoms with Gasteiger partial charge in [0.25, 0.3) is 0 Å². The average molecular weight is 467 g/mol. The molecule has 7 heteroatoms. The molecule has 34 heavy (non-hydrogen) atoms. The van der Waals surface area contributed by atoms with E-state index in [0.29, 0.717) is 37.0 Å². The Balaban J connectivity index is 1.58. The van der Waals surface area contributed by atoms with E-state index in [1.165, 1.54) is 17.7 Å². The summed E-state index contributed by atoms with van der Waals surface area (Å²) < 4.78 is 13.4. The van der Waals surface area contributed by atoms with Crippen molar-refractivity contribution in [2.75, 3.05) is 18.9 Å². The van der Waals surface area contributed by atoms with Crippen LogP contribution >= 0.6 is 0 Å². The third-order valence-electron chi connectivity index (χ3n) is 6.65. The minimum absolute atomic E-state index is 0.121. The minimum atomic E-state index is -0.393. The highest BCUT2D eigenvalue weighted by Gasteiger charge is 2.33. The van der Waals surface area contributed by atoms with E-state index in [4.69, 9.17) is 0 Å². The number of nitrogens with zero attached hydrogens (tertiary/aromatic N) is 2. The highest BCUT2D eigenvalue weighted by molar-refractivity contribution is 5.89. The number of carbonyl (C=O) groups excluding carboxylic acids is 2. The van der Waals surface area contributed by atoms with Gasteiger partial charge >= 0.3 is 6.03 Å². The first-order chi connectivity index (χ1) is 16.2. The number of hydrogen-bond donors (Lipinski definition) is 2. The second kappa shape index (κ2) is 11.8. The molecule has 1 aliphatic carbocycles. The van der Waals surface area contributed by atoms with E-state index in [2.05, 4.69) is 42.5 Å². The van der Waals surface area contributed by atoms with Crippen LogP contribution in [0.1, 0.15) is 39.2 Å². The summed E-state index contributed by atoms with van der Waals surface area (Å²) in [5.74, 6) is 0.851. The fourth-order valence-electron chi connectivity index (χ4n) is 4.68. The largest absolute Gasteiger partial charge is 0.341 e. The smallest absolute Gasteiger partial charge is 0.319 e. The lowest BCUT2D eigenvalue weighted by molar-refractivity contribution is -0.131. The number of carbonyl (C=O) groups is 2. The van der Waals surface area contributed by atoms with Crippen LogP contribution in [0.3, 0.4) is 0 Å². The van der Waals surface area contributed by atoms with Crippen molar-refractivity contribution >= 4 is 17.6 Å². The van der Waals surface area contributed by atoms with Crippen LogP contribution in [0.5, 0.6) is 0 Å². The molecular weight excluding hydrogens is 431 g/mol. The number of nitrogens with one attached hydrogen (secondary N) is 2. The quantitative estimate of drug-likeness (QED) is 0.522. The van der Waals surface area contributed by atoms with Crippen molar-refractivity contribution in [2.45, 2.75) is 40.2 Å². The maximum absolute atomic E-state index is 13.4. The number of aromatic nitrogens is 1. The number of rotatable bonds is 8. The second-order valence-electron chi connectivity index (χ2n) is 9.58. The van der Waals surface area contributed by atoms with Crippen LogP contribution in [0.4, 0.5) is 14.9 Å². The fourth-order valence-corrected chi connectivity index (χ4v) is 4.68. The standard InChI is InChI=1S/C27H35FN4O2/c1-18(2)25-12-21(13-26(33)32(4)17-20-7-6-10-29-15-20)19(3)11-22(25)16-30-27(34)31-24-9-5-8-23(28)14-24/h5-11,14-15,18,21-22,25H,12-13,16-17H2,1-4H3,(H2,30,31,34). The lowest BCUT2D eigenvalue weighted by Gasteiger charge is -2.37. The fraction of sp³-hybridized carbons (Fsp3) is 0.444. The Morgan fingerprint density at radius 1 is 1.24 bits per heavy atom. The zero-order valence-corrected chi connectivity index (χ0v) is 20.4. The molecule has 3 unspecified atom stereocenters. The predicted molar refractivity (Wildman–Crippen MR) is 132 cm³/mol. The van der Waals surface area contributed by atoms with Crippen molar-refractivity contribution in [1.82, 2.24) is 15.2 Å². The summed E-state index contributed by atoms with van der Waals surface area (Å²) in [4.78, 5) is 31.1. The van der Waals surface area contributed by atoms with Gasteiger partial charge in [0.2, 0.25) is 5.91 Å². The summed E-state index contributed by atoms with van der Waals surface area (Å²) in [6, 6.07) is 9.33. The highest BCUT2D eigenvalue weighted by Crippen LogP contribution is 2.39. The molecule has 1 aromatic heterocycles. The first-order valence-corrected chi connectivity index (χ1v) is 11.8. The summed E-state index contributed by atoms with van der Waals surface area (Å²) in [5, 5.41) is 5.61. The van der Waals surface area contributed by atoms with Gasteiger partial charge < -0.3 is 15.5 Å². The van der Waals surface area contributed by atoms with Crippen LogP contribution in [0, 0.1) is 29.5 Å². The van der Waals surface area contributed by atoms with E-state index in [1.54, 1.807) is 29.4 Å². The lowest BCUT2D eigenvalue weighted by Crippen LogP contribution is -2.39. The van der Waals surface area contributed by atoms with E-state index >= 15 is 0 Å². The van der Waals surface area contributed by atoms with E-state index in [-0.39, 0.29) is 23.8 Å². The third-order valence-corrected chi connectivity index (χ3v) is 6.65. The van der Waals surface area contributed by atoms with Gasteiger partial charge in [-0.15, -0.1) is 0 Å². The molecule has 3 rings (SSSR count). The summed E-state index contributed by atoms with van der Waals surface area (Å²) in [6.45, 7) is 7.49. The van der Waals surface area contributed by atoms with Gasteiger partial charge in [0.1, 0.15) is 5.82 Å². The normalized spacial score (nSPS) is 19.9. The Labute approximate surface area is 201 Å². The molecule has 1 heterocycles. The van der Waals surface area contributed by atoms with Crippen LogP contribution in [0.15, 0.2) is 60.4 Å². The first kappa shape index (κ1) is 25.4. The molecular formula is C27H35FN4O2. The zero-order chi connectivity index (χ0) is 24.7. The van der Waals surface area contributed by atoms with Gasteiger partial charge in [-0.05, 0) is 66.8 Å². The molecule has 2 aromatic rings. The Hall–Kier alpha value is -3.22. The maximum atomic E-state index is 13.4. The summed E-state index contributed by atoms with van der Waals surface area (Å²) in [7, 11) is 1.83. The van der Waals surface area contributed by atoms with Crippen molar-refractivity contribution in [3.8, 4) is 0 Å². The number of hydrogen-bond acceptors (Lipinski definition) is 3. The molecule has 0 spiro atoms. The number of urea groups is 1. The summed E-state index contributed by atoms with van der Waals surface area (Å²) in [6.07, 6.45) is 7.11. The van der Waals surface area contributed by atoms with E-state index in [1.807, 2.05) is 19.2 Å². The molecule has 1 aliphatic rings. The van der Waals surface area contributed by atoms with Crippen molar-refractivity contribution in [3.05, 3.63) is 71.8 Å². The van der Waals surface area contributed by atoms with Gasteiger partial charge in [-0.3, -0.25) is 9.78 Å². The Morgan fingerprint density at radius 2 is 2.03 bits per heavy atom. The van der Waals surface area contributed by atoms with Gasteiger partial charge in [0.15, 0.2) is 0 Å². The number of halogens is 1. The Morgan fingerprint density at radius 3 is 2.71 bits per heavy atom. The molecule has 0 saturated carbocycles. The van der Waals surface area contributed by atoms with Gasteiger partial charge in [0.05, 0.1) is 0 Å². The predicted octanol–water partition coefficient (Wildman–Crippen LogP) is 5.25. The number of anilines is 1. The Bertz CT molecular complexity index is 1010. The SMILES string of the molecule is CC1=CC(CNC(=O)Nc2cccc(F)c2)C(C(C)C)CC1CC(=O)N(C)Cc1cccnc1.